The molecule has 106 valence electrons. The van der Waals surface area contributed by atoms with Crippen LogP contribution < -0.4 is 0 Å². The van der Waals surface area contributed by atoms with E-state index in [-0.39, 0.29) is 0 Å². The van der Waals surface area contributed by atoms with Gasteiger partial charge >= 0.3 is 6.18 Å². The molecule has 18 heavy (non-hydrogen) atoms. The minimum atomic E-state index is -4.19. The summed E-state index contributed by atoms with van der Waals surface area (Å²) >= 11 is 0. The van der Waals surface area contributed by atoms with Crippen LogP contribution in [0.5, 0.6) is 0 Å². The van der Waals surface area contributed by atoms with Crippen molar-refractivity contribution in [1.29, 1.82) is 0 Å². The Morgan fingerprint density at radius 2 is 1.72 bits per heavy atom. The van der Waals surface area contributed by atoms with Gasteiger partial charge in [0.1, 0.15) is 5.70 Å². The Morgan fingerprint density at radius 1 is 1.06 bits per heavy atom. The van der Waals surface area contributed by atoms with Crippen LogP contribution in [0.2, 0.25) is 0 Å². The molecule has 1 aliphatic rings. The van der Waals surface area contributed by atoms with Gasteiger partial charge in [-0.3, -0.25) is 0 Å². The summed E-state index contributed by atoms with van der Waals surface area (Å²) in [5.74, 6) is 0. The largest absolute Gasteiger partial charge is 0.430 e. The summed E-state index contributed by atoms with van der Waals surface area (Å²) in [6.45, 7) is 3.21. The first kappa shape index (κ1) is 15.4. The van der Waals surface area contributed by atoms with E-state index in [1.54, 1.807) is 0 Å². The van der Waals surface area contributed by atoms with E-state index in [0.717, 1.165) is 44.9 Å². The van der Waals surface area contributed by atoms with Crippen LogP contribution in [0.3, 0.4) is 0 Å². The Hall–Kier alpha value is -0.670. The predicted octanol–water partition coefficient (Wildman–Crippen LogP) is 4.89. The summed E-state index contributed by atoms with van der Waals surface area (Å²) in [5.41, 5.74) is -0.404. The average molecular weight is 263 g/mol. The van der Waals surface area contributed by atoms with Crippen molar-refractivity contribution in [3.8, 4) is 0 Å². The van der Waals surface area contributed by atoms with Gasteiger partial charge in [0.15, 0.2) is 0 Å². The van der Waals surface area contributed by atoms with Crippen LogP contribution in [0.15, 0.2) is 11.8 Å². The summed E-state index contributed by atoms with van der Waals surface area (Å²) in [4.78, 5) is 1.52. The van der Waals surface area contributed by atoms with Crippen molar-refractivity contribution in [3.05, 3.63) is 11.8 Å². The Balaban J connectivity index is 2.51. The molecule has 0 atom stereocenters. The molecule has 0 radical (unpaired) electrons. The fraction of sp³-hybridized carbons (Fsp3) is 0.857. The van der Waals surface area contributed by atoms with Gasteiger partial charge in [-0.25, -0.2) is 0 Å². The van der Waals surface area contributed by atoms with Crippen molar-refractivity contribution in [2.75, 3.05) is 13.1 Å². The highest BCUT2D eigenvalue weighted by Crippen LogP contribution is 2.31. The molecular formula is C14H24F3N. The molecule has 0 amide bonds. The summed E-state index contributed by atoms with van der Waals surface area (Å²) in [5, 5.41) is 0. The summed E-state index contributed by atoms with van der Waals surface area (Å²) < 4.78 is 38.9. The zero-order valence-electron chi connectivity index (χ0n) is 11.2. The fourth-order valence-electron chi connectivity index (χ4n) is 2.37. The average Bonchev–Trinajstić information content (AvgIpc) is 2.33. The van der Waals surface area contributed by atoms with E-state index in [4.69, 9.17) is 0 Å². The number of rotatable bonds is 6. The van der Waals surface area contributed by atoms with Crippen LogP contribution in [0.1, 0.15) is 58.3 Å². The number of likely N-dealkylation sites (tertiary alicyclic amines) is 1. The van der Waals surface area contributed by atoms with E-state index >= 15 is 0 Å². The molecule has 0 bridgehead atoms. The zero-order chi connectivity index (χ0) is 13.4. The highest BCUT2D eigenvalue weighted by Gasteiger charge is 2.37. The van der Waals surface area contributed by atoms with Gasteiger partial charge in [-0.05, 0) is 32.1 Å². The summed E-state index contributed by atoms with van der Waals surface area (Å²) in [6.07, 6.45) is 4.68. The topological polar surface area (TPSA) is 3.24 Å². The Kier molecular flexibility index (Phi) is 6.58. The van der Waals surface area contributed by atoms with Gasteiger partial charge in [-0.2, -0.15) is 13.2 Å². The smallest absolute Gasteiger partial charge is 0.368 e. The van der Waals surface area contributed by atoms with E-state index in [9.17, 15) is 13.2 Å². The zero-order valence-corrected chi connectivity index (χ0v) is 11.2. The van der Waals surface area contributed by atoms with Crippen molar-refractivity contribution in [2.24, 2.45) is 0 Å². The predicted molar refractivity (Wildman–Crippen MR) is 68.3 cm³/mol. The number of halogens is 3. The van der Waals surface area contributed by atoms with Crippen molar-refractivity contribution < 1.29 is 13.2 Å². The number of nitrogens with zero attached hydrogens (tertiary/aromatic N) is 1. The lowest BCUT2D eigenvalue weighted by atomic mass is 10.1. The highest BCUT2D eigenvalue weighted by atomic mass is 19.4. The molecule has 0 saturated carbocycles. The third-order valence-electron chi connectivity index (χ3n) is 3.38. The maximum absolute atomic E-state index is 13.0. The Morgan fingerprint density at radius 3 is 2.28 bits per heavy atom. The quantitative estimate of drug-likeness (QED) is 0.617. The van der Waals surface area contributed by atoms with E-state index in [2.05, 4.69) is 6.92 Å². The maximum atomic E-state index is 13.0. The molecule has 0 aliphatic carbocycles. The highest BCUT2D eigenvalue weighted by molar-refractivity contribution is 5.08. The molecule has 1 rings (SSSR count). The van der Waals surface area contributed by atoms with Crippen molar-refractivity contribution >= 4 is 0 Å². The third-order valence-corrected chi connectivity index (χ3v) is 3.38. The molecule has 1 aliphatic heterocycles. The number of hydrogen-bond acceptors (Lipinski definition) is 1. The number of allylic oxidation sites excluding steroid dienone is 2. The molecule has 4 heteroatoms. The molecule has 0 aromatic heterocycles. The van der Waals surface area contributed by atoms with Crippen LogP contribution in [-0.4, -0.2) is 24.2 Å². The Labute approximate surface area is 108 Å². The molecule has 1 nitrogen and oxygen atoms in total. The lowest BCUT2D eigenvalue weighted by Gasteiger charge is -2.32. The van der Waals surface area contributed by atoms with E-state index in [1.807, 2.05) is 0 Å². The van der Waals surface area contributed by atoms with Crippen LogP contribution >= 0.6 is 0 Å². The van der Waals surface area contributed by atoms with Crippen molar-refractivity contribution in [2.45, 2.75) is 64.5 Å². The van der Waals surface area contributed by atoms with Crippen molar-refractivity contribution in [1.82, 2.24) is 4.90 Å². The van der Waals surface area contributed by atoms with Crippen LogP contribution in [-0.2, 0) is 0 Å². The second kappa shape index (κ2) is 7.70. The lowest BCUT2D eigenvalue weighted by Crippen LogP contribution is -2.35. The van der Waals surface area contributed by atoms with E-state index in [1.165, 1.54) is 11.0 Å². The number of unbranched alkanes of at least 4 members (excludes halogenated alkanes) is 4. The number of piperidine rings is 1. The van der Waals surface area contributed by atoms with E-state index in [0.29, 0.717) is 19.5 Å². The SMILES string of the molecule is CCCCCC/C=C(\N1CCCCC1)C(F)(F)F. The maximum Gasteiger partial charge on any atom is 0.430 e. The minimum Gasteiger partial charge on any atom is -0.368 e. The molecule has 1 heterocycles. The van der Waals surface area contributed by atoms with Crippen LogP contribution in [0.25, 0.3) is 0 Å². The first-order chi connectivity index (χ1) is 8.55. The van der Waals surface area contributed by atoms with Gasteiger partial charge in [0.2, 0.25) is 0 Å². The van der Waals surface area contributed by atoms with Gasteiger partial charge in [0, 0.05) is 13.1 Å². The standard InChI is InChI=1S/C14H24F3N/c1-2-3-4-5-7-10-13(14(15,16)17)18-11-8-6-9-12-18/h10H,2-9,11-12H2,1H3/b13-10-. The Bertz CT molecular complexity index is 252. The van der Waals surface area contributed by atoms with Gasteiger partial charge in [-0.1, -0.05) is 32.3 Å². The minimum absolute atomic E-state index is 0.404. The molecule has 0 unspecified atom stereocenters. The molecule has 0 aromatic rings. The summed E-state index contributed by atoms with van der Waals surface area (Å²) in [6, 6.07) is 0. The van der Waals surface area contributed by atoms with Gasteiger partial charge in [0.25, 0.3) is 0 Å². The van der Waals surface area contributed by atoms with Crippen LogP contribution in [0, 0.1) is 0 Å². The van der Waals surface area contributed by atoms with Gasteiger partial charge in [-0.15, -0.1) is 0 Å². The molecular weight excluding hydrogens is 239 g/mol. The van der Waals surface area contributed by atoms with Crippen LogP contribution in [0.4, 0.5) is 13.2 Å². The number of alkyl halides is 3. The number of hydrogen-bond donors (Lipinski definition) is 0. The normalized spacial score (nSPS) is 18.2. The molecule has 1 saturated heterocycles. The molecule has 0 N–H and O–H groups in total. The van der Waals surface area contributed by atoms with Gasteiger partial charge < -0.3 is 4.90 Å². The van der Waals surface area contributed by atoms with Gasteiger partial charge in [0.05, 0.1) is 0 Å². The lowest BCUT2D eigenvalue weighted by molar-refractivity contribution is -0.113. The fourth-order valence-corrected chi connectivity index (χ4v) is 2.37. The monoisotopic (exact) mass is 263 g/mol. The third kappa shape index (κ3) is 5.32. The van der Waals surface area contributed by atoms with E-state index < -0.39 is 11.9 Å². The first-order valence-electron chi connectivity index (χ1n) is 7.08. The summed E-state index contributed by atoms with van der Waals surface area (Å²) in [7, 11) is 0. The molecule has 1 fully saturated rings. The molecule has 0 aromatic carbocycles. The molecule has 0 spiro atoms. The first-order valence-corrected chi connectivity index (χ1v) is 7.08. The second-order valence-electron chi connectivity index (χ2n) is 4.98. The van der Waals surface area contributed by atoms with Crippen molar-refractivity contribution in [3.63, 3.8) is 0 Å². The second-order valence-corrected chi connectivity index (χ2v) is 4.98.